The van der Waals surface area contributed by atoms with Crippen LogP contribution in [-0.4, -0.2) is 78.9 Å². The third kappa shape index (κ3) is 23.0. The summed E-state index contributed by atoms with van der Waals surface area (Å²) in [4.78, 5) is 16.8. The third-order valence-corrected chi connectivity index (χ3v) is 4.94. The van der Waals surface area contributed by atoms with Gasteiger partial charge in [0.05, 0.1) is 12.2 Å². The van der Waals surface area contributed by atoms with Crippen molar-refractivity contribution < 1.29 is 82.8 Å². The number of rotatable bonds is 4. The fourth-order valence-corrected chi connectivity index (χ4v) is 3.76. The van der Waals surface area contributed by atoms with E-state index < -0.39 is 10.2 Å². The molecule has 6 atom stereocenters. The maximum atomic E-state index is 8.56. The first-order valence-electron chi connectivity index (χ1n) is 11.0. The Balaban J connectivity index is -0.000000507. The topological polar surface area (TPSA) is 240 Å². The van der Waals surface area contributed by atoms with E-state index >= 15 is 0 Å². The Bertz CT molecular complexity index is 580. The van der Waals surface area contributed by atoms with Crippen LogP contribution in [0.2, 0.25) is 0 Å². The summed E-state index contributed by atoms with van der Waals surface area (Å²) in [7, 11) is 0. The van der Waals surface area contributed by atoms with Crippen molar-refractivity contribution in [2.45, 2.75) is 95.2 Å². The average Bonchev–Trinajstić information content (AvgIpc) is 2.74. The number of hydrogen-bond donors (Lipinski definition) is 5. The zero-order chi connectivity index (χ0) is 25.2. The van der Waals surface area contributed by atoms with Gasteiger partial charge in [-0.15, -0.1) is 34.8 Å². The Labute approximate surface area is 238 Å². The molecule has 2 fully saturated rings. The van der Waals surface area contributed by atoms with Gasteiger partial charge in [0.15, 0.2) is 0 Å². The van der Waals surface area contributed by atoms with Gasteiger partial charge in [-0.3, -0.25) is 0 Å². The molecular formula is C20H40N5O9Pr+2. The molecule has 8 N–H and O–H groups in total. The molecule has 0 aromatic carbocycles. The minimum absolute atomic E-state index is 0. The summed E-state index contributed by atoms with van der Waals surface area (Å²) in [6.07, 6.45) is 15.5. The summed E-state index contributed by atoms with van der Waals surface area (Å²) in [5.74, 6) is 0. The van der Waals surface area contributed by atoms with Crippen LogP contribution >= 0.6 is 0 Å². The van der Waals surface area contributed by atoms with Gasteiger partial charge in [-0.2, -0.15) is 18.3 Å². The summed E-state index contributed by atoms with van der Waals surface area (Å²) in [5, 5.41) is 57.7. The smallest absolute Gasteiger partial charge is 0.686 e. The number of aliphatic hydroxyl groups excluding tert-OH is 2. The first kappa shape index (κ1) is 38.4. The molecule has 3 aliphatic heterocycles. The second-order valence-corrected chi connectivity index (χ2v) is 7.97. The zero-order valence-corrected chi connectivity index (χ0v) is 24.0. The minimum atomic E-state index is -1.50. The molecule has 2 saturated heterocycles. The quantitative estimate of drug-likeness (QED) is 0.174. The second-order valence-electron chi connectivity index (χ2n) is 7.97. The fraction of sp³-hybridized carbons (Fsp3) is 0.800. The van der Waals surface area contributed by atoms with Crippen LogP contribution in [0.5, 0.6) is 0 Å². The first-order chi connectivity index (χ1) is 15.5. The molecule has 35 heavy (non-hydrogen) atoms. The van der Waals surface area contributed by atoms with Gasteiger partial charge >= 0.3 is 46.4 Å². The number of piperidine rings is 2. The zero-order valence-electron chi connectivity index (χ0n) is 20.3. The van der Waals surface area contributed by atoms with E-state index in [1.54, 1.807) is 13.8 Å². The van der Waals surface area contributed by atoms with Gasteiger partial charge in [0.2, 0.25) is 0 Å². The molecule has 0 bridgehead atoms. The van der Waals surface area contributed by atoms with E-state index in [2.05, 4.69) is 17.5 Å². The molecule has 3 heterocycles. The Morgan fingerprint density at radius 2 is 1.46 bits per heavy atom. The van der Waals surface area contributed by atoms with E-state index in [0.29, 0.717) is 24.5 Å². The van der Waals surface area contributed by atoms with E-state index in [9.17, 15) is 0 Å². The van der Waals surface area contributed by atoms with Crippen molar-refractivity contribution in [2.75, 3.05) is 6.54 Å². The molecule has 0 saturated carbocycles. The molecule has 0 spiro atoms. The predicted molar refractivity (Wildman–Crippen MR) is 125 cm³/mol. The van der Waals surface area contributed by atoms with Crippen LogP contribution in [0.1, 0.15) is 58.8 Å². The van der Waals surface area contributed by atoms with Crippen LogP contribution in [0.25, 0.3) is 16.0 Å². The standard InChI is InChI=1S/C15H22N3.C5H12O2.H2NO3.HNO3.H2O.Pr/c1-3-10-16-12(6-1)14-8-5-9-15(18-14)13-7-2-4-11-17-13;1-4(6)3-5(2)7;2*2-1(3)4;;/h1,3,6,10,12-15H,2,4-5,7-9,11H2;4-7H,3H2,1-2H3;(H2,2,3,4);(H,2,3,4);1H2;/q-3;;+1;;;+3/p+1. The molecule has 3 rings (SSSR count). The third-order valence-electron chi connectivity index (χ3n) is 4.94. The molecule has 0 amide bonds. The molecule has 14 nitrogen and oxygen atoms in total. The molecule has 3 aliphatic rings. The SMILES string of the molecule is C1=C[N-]C(C2CCCC(C3CCCC[N-]3)[N-]2)C=C1.CC(O)CC(C)O.O=[N+](O)O.O=[N+]([O-])O.[OH3+].[Pr+3]. The molecule has 6 unspecified atom stereocenters. The van der Waals surface area contributed by atoms with Crippen molar-refractivity contribution >= 4 is 0 Å². The summed E-state index contributed by atoms with van der Waals surface area (Å²) in [6.45, 7) is 4.37. The Morgan fingerprint density at radius 1 is 0.943 bits per heavy atom. The average molecular weight is 635 g/mol. The number of hydrogen-bond acceptors (Lipinski definition) is 5. The number of nitrogens with zero attached hydrogens (tertiary/aromatic N) is 5. The Morgan fingerprint density at radius 3 is 1.86 bits per heavy atom. The molecular weight excluding hydrogens is 595 g/mol. The van der Waals surface area contributed by atoms with E-state index in [1.165, 1.54) is 38.5 Å². The van der Waals surface area contributed by atoms with E-state index in [1.807, 2.05) is 12.3 Å². The molecule has 0 aromatic heterocycles. The van der Waals surface area contributed by atoms with Crippen molar-refractivity contribution in [2.24, 2.45) is 0 Å². The Hall–Kier alpha value is -1.16. The van der Waals surface area contributed by atoms with E-state index in [-0.39, 0.29) is 65.0 Å². The van der Waals surface area contributed by atoms with Gasteiger partial charge < -0.3 is 36.8 Å². The molecule has 200 valence electrons. The first-order valence-corrected chi connectivity index (χ1v) is 11.0. The van der Waals surface area contributed by atoms with Crippen LogP contribution < -0.4 is 0 Å². The molecule has 0 aromatic rings. The maximum absolute atomic E-state index is 8.56. The summed E-state index contributed by atoms with van der Waals surface area (Å²) in [5.41, 5.74) is 0. The van der Waals surface area contributed by atoms with Crippen LogP contribution in [0.4, 0.5) is 0 Å². The van der Waals surface area contributed by atoms with Crippen molar-refractivity contribution in [3.8, 4) is 0 Å². The fourth-order valence-electron chi connectivity index (χ4n) is 3.76. The van der Waals surface area contributed by atoms with Crippen LogP contribution in [0.3, 0.4) is 0 Å². The van der Waals surface area contributed by atoms with E-state index in [0.717, 1.165) is 6.54 Å². The Kier molecular flexibility index (Phi) is 25.5. The summed E-state index contributed by atoms with van der Waals surface area (Å²) >= 11 is 0. The van der Waals surface area contributed by atoms with E-state index in [4.69, 9.17) is 51.5 Å². The van der Waals surface area contributed by atoms with Crippen molar-refractivity contribution in [3.05, 3.63) is 55.4 Å². The molecule has 0 radical (unpaired) electrons. The van der Waals surface area contributed by atoms with Crippen molar-refractivity contribution in [1.29, 1.82) is 0 Å². The van der Waals surface area contributed by atoms with Crippen LogP contribution in [-0.2, 0) is 5.48 Å². The van der Waals surface area contributed by atoms with Gasteiger partial charge in [0, 0.05) is 0 Å². The normalized spacial score (nSPS) is 25.9. The van der Waals surface area contributed by atoms with Crippen LogP contribution in [0, 0.1) is 56.3 Å². The van der Waals surface area contributed by atoms with Gasteiger partial charge in [0.1, 0.15) is 4.91 Å². The second kappa shape index (κ2) is 23.3. The van der Waals surface area contributed by atoms with Gasteiger partial charge in [0.25, 0.3) is 5.09 Å². The van der Waals surface area contributed by atoms with Gasteiger partial charge in [-0.1, -0.05) is 50.7 Å². The van der Waals surface area contributed by atoms with Gasteiger partial charge in [-0.05, 0) is 20.3 Å². The number of allylic oxidation sites excluding steroid dienone is 2. The predicted octanol–water partition coefficient (Wildman–Crippen LogP) is 2.45. The van der Waals surface area contributed by atoms with Gasteiger partial charge in [-0.25, -0.2) is 10.4 Å². The maximum Gasteiger partial charge on any atom is 3.00 e. The summed E-state index contributed by atoms with van der Waals surface area (Å²) < 4.78 is 0. The molecule has 15 heteroatoms. The number of aliphatic hydroxyl groups is 2. The monoisotopic (exact) mass is 635 g/mol. The minimum Gasteiger partial charge on any atom is -0.686 e. The van der Waals surface area contributed by atoms with Crippen molar-refractivity contribution in [3.63, 3.8) is 0 Å². The van der Waals surface area contributed by atoms with Crippen LogP contribution in [0.15, 0.2) is 24.4 Å². The molecule has 0 aliphatic carbocycles. The van der Waals surface area contributed by atoms with Crippen molar-refractivity contribution in [1.82, 2.24) is 0 Å². The largest absolute Gasteiger partial charge is 3.00 e. The summed E-state index contributed by atoms with van der Waals surface area (Å²) in [6, 6.07) is 1.65.